The van der Waals surface area contributed by atoms with Gasteiger partial charge < -0.3 is 15.0 Å². The largest absolute Gasteiger partial charge is 0.480 e. The van der Waals surface area contributed by atoms with Gasteiger partial charge in [-0.15, -0.1) is 0 Å². The van der Waals surface area contributed by atoms with Gasteiger partial charge >= 0.3 is 5.97 Å². The molecule has 1 aromatic heterocycles. The minimum atomic E-state index is -1.17. The molecule has 6 heteroatoms. The molecule has 1 atom stereocenters. The van der Waals surface area contributed by atoms with Crippen molar-refractivity contribution in [2.24, 2.45) is 0 Å². The number of rotatable bonds is 6. The van der Waals surface area contributed by atoms with Gasteiger partial charge in [0.2, 0.25) is 0 Å². The van der Waals surface area contributed by atoms with E-state index >= 15 is 0 Å². The van der Waals surface area contributed by atoms with Gasteiger partial charge in [0.05, 0.1) is 0 Å². The molecule has 2 N–H and O–H groups in total. The topological polar surface area (TPSA) is 84.2 Å². The molecule has 0 fully saturated rings. The minimum absolute atomic E-state index is 0.0812. The van der Waals surface area contributed by atoms with E-state index < -0.39 is 11.5 Å². The minimum Gasteiger partial charge on any atom is -0.480 e. The maximum absolute atomic E-state index is 11.9. The summed E-state index contributed by atoms with van der Waals surface area (Å²) in [4.78, 5) is 27.2. The lowest BCUT2D eigenvalue weighted by Gasteiger charge is -2.26. The molecule has 100 valence electrons. The molecule has 18 heavy (non-hydrogen) atoms. The van der Waals surface area contributed by atoms with Crippen molar-refractivity contribution in [1.82, 2.24) is 9.55 Å². The number of hydrogen-bond acceptors (Lipinski definition) is 4. The first kappa shape index (κ1) is 14.2. The summed E-state index contributed by atoms with van der Waals surface area (Å²) in [6, 6.07) is 0. The molecule has 0 saturated carbocycles. The summed E-state index contributed by atoms with van der Waals surface area (Å²) in [5.74, 6) is -0.907. The number of aliphatic carboxylic acids is 1. The Hall–Kier alpha value is -1.85. The summed E-state index contributed by atoms with van der Waals surface area (Å²) in [5, 5.41) is 12.0. The quantitative estimate of drug-likeness (QED) is 0.798. The number of carbonyl (C=O) groups is 1. The monoisotopic (exact) mass is 253 g/mol. The van der Waals surface area contributed by atoms with Gasteiger partial charge in [-0.05, 0) is 20.3 Å². The smallest absolute Gasteiger partial charge is 0.329 e. The van der Waals surface area contributed by atoms with E-state index in [4.69, 9.17) is 0 Å². The van der Waals surface area contributed by atoms with E-state index in [1.54, 1.807) is 13.1 Å². The molecule has 0 aliphatic carbocycles. The number of carboxylic acids is 1. The Morgan fingerprint density at radius 1 is 1.56 bits per heavy atom. The molecular formula is C12H19N3O3. The summed E-state index contributed by atoms with van der Waals surface area (Å²) in [5.41, 5.74) is -1.48. The first-order chi connectivity index (χ1) is 8.44. The van der Waals surface area contributed by atoms with Crippen LogP contribution in [0.5, 0.6) is 0 Å². The predicted octanol–water partition coefficient (Wildman–Crippen LogP) is 1.32. The fourth-order valence-electron chi connectivity index (χ4n) is 1.77. The third-order valence-electron chi connectivity index (χ3n) is 2.87. The van der Waals surface area contributed by atoms with Crippen LogP contribution in [0.25, 0.3) is 0 Å². The average Bonchev–Trinajstić information content (AvgIpc) is 2.32. The van der Waals surface area contributed by atoms with E-state index in [0.29, 0.717) is 19.4 Å². The van der Waals surface area contributed by atoms with Gasteiger partial charge in [-0.1, -0.05) is 13.3 Å². The molecule has 0 radical (unpaired) electrons. The number of carboxylic acid groups (broad SMARTS) is 1. The molecule has 1 aromatic rings. The maximum atomic E-state index is 11.9. The molecule has 0 spiro atoms. The fraction of sp³-hybridized carbons (Fsp3) is 0.583. The molecule has 0 bridgehead atoms. The second kappa shape index (κ2) is 5.66. The summed E-state index contributed by atoms with van der Waals surface area (Å²) >= 11 is 0. The van der Waals surface area contributed by atoms with E-state index in [1.165, 1.54) is 10.8 Å². The van der Waals surface area contributed by atoms with E-state index in [1.807, 2.05) is 13.8 Å². The Labute approximate surface area is 106 Å². The summed E-state index contributed by atoms with van der Waals surface area (Å²) in [7, 11) is 0. The molecule has 0 saturated heterocycles. The van der Waals surface area contributed by atoms with Crippen molar-refractivity contribution in [2.45, 2.75) is 45.7 Å². The highest BCUT2D eigenvalue weighted by Crippen LogP contribution is 2.17. The number of aryl methyl sites for hydroxylation is 1. The average molecular weight is 253 g/mol. The zero-order valence-electron chi connectivity index (χ0n) is 10.9. The van der Waals surface area contributed by atoms with Crippen molar-refractivity contribution in [3.05, 3.63) is 22.7 Å². The van der Waals surface area contributed by atoms with Gasteiger partial charge in [0, 0.05) is 18.9 Å². The van der Waals surface area contributed by atoms with Gasteiger partial charge in [0.1, 0.15) is 5.54 Å². The maximum Gasteiger partial charge on any atom is 0.329 e. The van der Waals surface area contributed by atoms with E-state index in [-0.39, 0.29) is 11.4 Å². The highest BCUT2D eigenvalue weighted by atomic mass is 16.4. The Morgan fingerprint density at radius 3 is 2.72 bits per heavy atom. The zero-order valence-corrected chi connectivity index (χ0v) is 10.9. The normalized spacial score (nSPS) is 13.9. The van der Waals surface area contributed by atoms with Gasteiger partial charge in [-0.2, -0.15) is 0 Å². The molecule has 0 aliphatic rings. The van der Waals surface area contributed by atoms with Crippen LogP contribution in [0.1, 0.15) is 33.6 Å². The van der Waals surface area contributed by atoms with Crippen molar-refractivity contribution in [2.75, 3.05) is 5.32 Å². The third kappa shape index (κ3) is 2.88. The number of anilines is 1. The first-order valence-electron chi connectivity index (χ1n) is 6.01. The molecule has 1 heterocycles. The molecule has 0 aliphatic heterocycles. The Balaban J connectivity index is 3.09. The van der Waals surface area contributed by atoms with Gasteiger partial charge in [-0.3, -0.25) is 4.79 Å². The lowest BCUT2D eigenvalue weighted by atomic mass is 9.96. The second-order valence-corrected chi connectivity index (χ2v) is 4.38. The fourth-order valence-corrected chi connectivity index (χ4v) is 1.77. The molecule has 0 amide bonds. The van der Waals surface area contributed by atoms with Crippen LogP contribution in [0.4, 0.5) is 5.82 Å². The Bertz CT molecular complexity index is 484. The van der Waals surface area contributed by atoms with Crippen LogP contribution in [0.2, 0.25) is 0 Å². The predicted molar refractivity (Wildman–Crippen MR) is 68.7 cm³/mol. The van der Waals surface area contributed by atoms with Crippen molar-refractivity contribution in [1.29, 1.82) is 0 Å². The van der Waals surface area contributed by atoms with Gasteiger partial charge in [0.25, 0.3) is 5.56 Å². The lowest BCUT2D eigenvalue weighted by Crippen LogP contribution is -2.45. The zero-order chi connectivity index (χ0) is 13.8. The molecule has 1 unspecified atom stereocenters. The van der Waals surface area contributed by atoms with Crippen LogP contribution in [0.3, 0.4) is 0 Å². The highest BCUT2D eigenvalue weighted by Gasteiger charge is 2.33. The molecule has 1 rings (SSSR count). The second-order valence-electron chi connectivity index (χ2n) is 4.38. The van der Waals surface area contributed by atoms with Crippen LogP contribution in [0.15, 0.2) is 17.2 Å². The Morgan fingerprint density at radius 2 is 2.22 bits per heavy atom. The van der Waals surface area contributed by atoms with Crippen molar-refractivity contribution in [3.63, 3.8) is 0 Å². The third-order valence-corrected chi connectivity index (χ3v) is 2.87. The number of nitrogens with zero attached hydrogens (tertiary/aromatic N) is 2. The van der Waals surface area contributed by atoms with Crippen molar-refractivity contribution < 1.29 is 9.90 Å². The molecule has 6 nitrogen and oxygen atoms in total. The molecule has 0 aromatic carbocycles. The SMILES string of the molecule is CCCC(C)(Nc1nccn(CC)c1=O)C(=O)O. The van der Waals surface area contributed by atoms with Crippen LogP contribution < -0.4 is 10.9 Å². The van der Waals surface area contributed by atoms with Crippen LogP contribution in [-0.4, -0.2) is 26.2 Å². The standard InChI is InChI=1S/C12H19N3O3/c1-4-6-12(3,11(17)18)14-9-10(16)15(5-2)8-7-13-9/h7-8H,4-6H2,1-3H3,(H,13,14)(H,17,18). The molecular weight excluding hydrogens is 234 g/mol. The summed E-state index contributed by atoms with van der Waals surface area (Å²) in [6.07, 6.45) is 4.18. The van der Waals surface area contributed by atoms with Crippen LogP contribution in [0, 0.1) is 0 Å². The number of nitrogens with one attached hydrogen (secondary N) is 1. The summed E-state index contributed by atoms with van der Waals surface area (Å²) in [6.45, 7) is 5.82. The van der Waals surface area contributed by atoms with E-state index in [2.05, 4.69) is 10.3 Å². The highest BCUT2D eigenvalue weighted by molar-refractivity contribution is 5.81. The van der Waals surface area contributed by atoms with Crippen LogP contribution in [-0.2, 0) is 11.3 Å². The van der Waals surface area contributed by atoms with E-state index in [9.17, 15) is 14.7 Å². The van der Waals surface area contributed by atoms with Crippen molar-refractivity contribution >= 4 is 11.8 Å². The Kier molecular flexibility index (Phi) is 4.47. The summed E-state index contributed by atoms with van der Waals surface area (Å²) < 4.78 is 1.48. The van der Waals surface area contributed by atoms with Crippen LogP contribution >= 0.6 is 0 Å². The van der Waals surface area contributed by atoms with Crippen molar-refractivity contribution in [3.8, 4) is 0 Å². The van der Waals surface area contributed by atoms with E-state index in [0.717, 1.165) is 0 Å². The number of hydrogen-bond donors (Lipinski definition) is 2. The first-order valence-corrected chi connectivity index (χ1v) is 6.01. The lowest BCUT2D eigenvalue weighted by molar-refractivity contribution is -0.142. The number of aromatic nitrogens is 2. The van der Waals surface area contributed by atoms with Gasteiger partial charge in [-0.25, -0.2) is 9.78 Å². The van der Waals surface area contributed by atoms with Gasteiger partial charge in [0.15, 0.2) is 5.82 Å².